The highest BCUT2D eigenvalue weighted by atomic mass is 32.2. The van der Waals surface area contributed by atoms with E-state index in [4.69, 9.17) is 0 Å². The first-order valence-corrected chi connectivity index (χ1v) is 6.36. The highest BCUT2D eigenvalue weighted by molar-refractivity contribution is 7.99. The number of aromatic nitrogens is 2. The summed E-state index contributed by atoms with van der Waals surface area (Å²) in [4.78, 5) is 19.2. The highest BCUT2D eigenvalue weighted by Crippen LogP contribution is 2.31. The molecule has 0 saturated carbocycles. The normalized spacial score (nSPS) is 11.4. The maximum Gasteiger partial charge on any atom is 0.417 e. The van der Waals surface area contributed by atoms with Gasteiger partial charge in [-0.1, -0.05) is 0 Å². The van der Waals surface area contributed by atoms with E-state index in [1.807, 2.05) is 0 Å². The molecule has 0 fully saturated rings. The Morgan fingerprint density at radius 2 is 1.95 bits per heavy atom. The molecular weight excluding hydrogens is 289 g/mol. The van der Waals surface area contributed by atoms with Gasteiger partial charge in [0.2, 0.25) is 0 Å². The van der Waals surface area contributed by atoms with Crippen LogP contribution >= 0.6 is 11.8 Å². The minimum atomic E-state index is -4.41. The highest BCUT2D eigenvalue weighted by Gasteiger charge is 2.30. The van der Waals surface area contributed by atoms with E-state index in [2.05, 4.69) is 9.97 Å². The van der Waals surface area contributed by atoms with E-state index in [9.17, 15) is 18.0 Å². The smallest absolute Gasteiger partial charge is 0.294 e. The Balaban J connectivity index is 2.25. The fourth-order valence-electron chi connectivity index (χ4n) is 1.45. The molecule has 2 heterocycles. The van der Waals surface area contributed by atoms with Crippen LogP contribution in [0.3, 0.4) is 0 Å². The molecule has 0 spiro atoms. The molecular formula is C13H9F3N2OS. The molecule has 2 rings (SSSR count). The zero-order valence-electron chi connectivity index (χ0n) is 10.3. The molecule has 7 heteroatoms. The Bertz CT molecular complexity index is 626. The number of halogens is 3. The van der Waals surface area contributed by atoms with Gasteiger partial charge in [-0.05, 0) is 43.0 Å². The second kappa shape index (κ2) is 5.62. The molecule has 0 atom stereocenters. The van der Waals surface area contributed by atoms with Crippen LogP contribution in [0.1, 0.15) is 22.8 Å². The minimum Gasteiger partial charge on any atom is -0.294 e. The molecule has 0 saturated heterocycles. The third-order valence-electron chi connectivity index (χ3n) is 2.42. The second-order valence-electron chi connectivity index (χ2n) is 3.90. The molecule has 0 aromatic carbocycles. The van der Waals surface area contributed by atoms with Crippen molar-refractivity contribution in [2.24, 2.45) is 0 Å². The van der Waals surface area contributed by atoms with Gasteiger partial charge in [-0.2, -0.15) is 13.2 Å². The van der Waals surface area contributed by atoms with E-state index in [1.165, 1.54) is 19.2 Å². The van der Waals surface area contributed by atoms with Crippen LogP contribution < -0.4 is 0 Å². The van der Waals surface area contributed by atoms with Gasteiger partial charge in [0.1, 0.15) is 10.1 Å². The standard InChI is InChI=1S/C13H9F3N2OS/c1-8(19)10-3-2-6-17-12(10)20-11-5-4-9(7-18-11)13(14,15)16/h2-7H,1H3. The number of nitrogens with zero attached hydrogens (tertiary/aromatic N) is 2. The monoisotopic (exact) mass is 298 g/mol. The van der Waals surface area contributed by atoms with Gasteiger partial charge >= 0.3 is 6.18 Å². The molecule has 0 amide bonds. The number of alkyl halides is 3. The third-order valence-corrected chi connectivity index (χ3v) is 3.38. The third kappa shape index (κ3) is 3.36. The molecule has 0 unspecified atom stereocenters. The molecule has 2 aromatic rings. The van der Waals surface area contributed by atoms with Crippen molar-refractivity contribution in [1.82, 2.24) is 9.97 Å². The maximum absolute atomic E-state index is 12.4. The van der Waals surface area contributed by atoms with Gasteiger partial charge in [-0.3, -0.25) is 4.79 Å². The molecule has 3 nitrogen and oxygen atoms in total. The summed E-state index contributed by atoms with van der Waals surface area (Å²) in [6, 6.07) is 5.44. The molecule has 0 aliphatic heterocycles. The largest absolute Gasteiger partial charge is 0.417 e. The van der Waals surface area contributed by atoms with Crippen LogP contribution in [0.2, 0.25) is 0 Å². The number of carbonyl (C=O) groups is 1. The van der Waals surface area contributed by atoms with Crippen LogP contribution in [0.5, 0.6) is 0 Å². The van der Waals surface area contributed by atoms with E-state index >= 15 is 0 Å². The molecule has 0 radical (unpaired) electrons. The van der Waals surface area contributed by atoms with E-state index < -0.39 is 11.7 Å². The van der Waals surface area contributed by atoms with Crippen LogP contribution in [0.25, 0.3) is 0 Å². The SMILES string of the molecule is CC(=O)c1cccnc1Sc1ccc(C(F)(F)F)cn1. The van der Waals surface area contributed by atoms with Gasteiger partial charge in [0.15, 0.2) is 5.78 Å². The van der Waals surface area contributed by atoms with Gasteiger partial charge in [-0.15, -0.1) is 0 Å². The molecule has 104 valence electrons. The number of rotatable bonds is 3. The number of carbonyl (C=O) groups excluding carboxylic acids is 1. The van der Waals surface area contributed by atoms with Crippen LogP contribution in [0, 0.1) is 0 Å². The Kier molecular flexibility index (Phi) is 4.08. The Labute approximate surface area is 117 Å². The topological polar surface area (TPSA) is 42.9 Å². The summed E-state index contributed by atoms with van der Waals surface area (Å²) in [6.07, 6.45) is -2.14. The summed E-state index contributed by atoms with van der Waals surface area (Å²) in [6.45, 7) is 1.40. The summed E-state index contributed by atoms with van der Waals surface area (Å²) in [7, 11) is 0. The summed E-state index contributed by atoms with van der Waals surface area (Å²) < 4.78 is 37.2. The van der Waals surface area contributed by atoms with Crippen molar-refractivity contribution in [2.75, 3.05) is 0 Å². The Morgan fingerprint density at radius 3 is 2.50 bits per heavy atom. The zero-order chi connectivity index (χ0) is 14.8. The lowest BCUT2D eigenvalue weighted by molar-refractivity contribution is -0.137. The van der Waals surface area contributed by atoms with E-state index in [-0.39, 0.29) is 5.78 Å². The second-order valence-corrected chi connectivity index (χ2v) is 4.91. The Morgan fingerprint density at radius 1 is 1.20 bits per heavy atom. The summed E-state index contributed by atoms with van der Waals surface area (Å²) in [5, 5.41) is 0.770. The number of ketones is 1. The lowest BCUT2D eigenvalue weighted by atomic mass is 10.2. The lowest BCUT2D eigenvalue weighted by Gasteiger charge is -2.07. The van der Waals surface area contributed by atoms with Crippen molar-refractivity contribution < 1.29 is 18.0 Å². The van der Waals surface area contributed by atoms with E-state index in [0.717, 1.165) is 24.0 Å². The first-order valence-electron chi connectivity index (χ1n) is 5.55. The van der Waals surface area contributed by atoms with Gasteiger partial charge in [0.25, 0.3) is 0 Å². The van der Waals surface area contributed by atoms with Crippen LogP contribution in [0.15, 0.2) is 46.7 Å². The van der Waals surface area contributed by atoms with Crippen molar-refractivity contribution in [1.29, 1.82) is 0 Å². The number of hydrogen-bond acceptors (Lipinski definition) is 4. The van der Waals surface area contributed by atoms with Crippen molar-refractivity contribution in [3.05, 3.63) is 47.8 Å². The molecule has 2 aromatic heterocycles. The van der Waals surface area contributed by atoms with Crippen molar-refractivity contribution in [2.45, 2.75) is 23.2 Å². The van der Waals surface area contributed by atoms with Crippen LogP contribution in [-0.2, 0) is 6.18 Å². The van der Waals surface area contributed by atoms with Gasteiger partial charge in [0.05, 0.1) is 5.56 Å². The predicted molar refractivity (Wildman–Crippen MR) is 67.6 cm³/mol. The fourth-order valence-corrected chi connectivity index (χ4v) is 2.32. The van der Waals surface area contributed by atoms with Gasteiger partial charge in [-0.25, -0.2) is 9.97 Å². The summed E-state index contributed by atoms with van der Waals surface area (Å²) in [5.41, 5.74) is -0.395. The molecule has 0 bridgehead atoms. The molecule has 0 aliphatic rings. The fraction of sp³-hybridized carbons (Fsp3) is 0.154. The van der Waals surface area contributed by atoms with E-state index in [1.54, 1.807) is 12.1 Å². The first kappa shape index (κ1) is 14.5. The number of hydrogen-bond donors (Lipinski definition) is 0. The zero-order valence-corrected chi connectivity index (χ0v) is 11.1. The molecule has 20 heavy (non-hydrogen) atoms. The van der Waals surface area contributed by atoms with Gasteiger partial charge in [0, 0.05) is 18.0 Å². The quantitative estimate of drug-likeness (QED) is 0.807. The average molecular weight is 298 g/mol. The van der Waals surface area contributed by atoms with Crippen molar-refractivity contribution in [3.8, 4) is 0 Å². The lowest BCUT2D eigenvalue weighted by Crippen LogP contribution is -2.05. The molecule has 0 N–H and O–H groups in total. The van der Waals surface area contributed by atoms with Crippen molar-refractivity contribution >= 4 is 17.5 Å². The van der Waals surface area contributed by atoms with Crippen molar-refractivity contribution in [3.63, 3.8) is 0 Å². The van der Waals surface area contributed by atoms with Crippen LogP contribution in [-0.4, -0.2) is 15.8 Å². The predicted octanol–water partition coefficient (Wildman–Crippen LogP) is 3.85. The number of pyridine rings is 2. The maximum atomic E-state index is 12.4. The minimum absolute atomic E-state index is 0.160. The van der Waals surface area contributed by atoms with E-state index in [0.29, 0.717) is 15.6 Å². The average Bonchev–Trinajstić information content (AvgIpc) is 2.38. The van der Waals surface area contributed by atoms with Crippen LogP contribution in [0.4, 0.5) is 13.2 Å². The first-order chi connectivity index (χ1) is 9.38. The summed E-state index contributed by atoms with van der Waals surface area (Å²) in [5.74, 6) is -0.160. The van der Waals surface area contributed by atoms with Gasteiger partial charge < -0.3 is 0 Å². The number of Topliss-reactive ketones (excluding diaryl/α,β-unsaturated/α-hetero) is 1. The Hall–Kier alpha value is -1.89. The molecule has 0 aliphatic carbocycles. The summed E-state index contributed by atoms with van der Waals surface area (Å²) >= 11 is 1.05.